The van der Waals surface area contributed by atoms with Gasteiger partial charge in [-0.2, -0.15) is 0 Å². The molecular weight excluding hydrogens is 844 g/mol. The molecule has 1 aliphatic heterocycles. The number of ether oxygens (including phenoxy) is 1. The molecule has 3 unspecified atom stereocenters. The summed E-state index contributed by atoms with van der Waals surface area (Å²) in [5, 5.41) is 24.6. The molecule has 33 heavy (non-hydrogen) atoms. The molecule has 1 heterocycles. The standard InChI is InChI=1S/C26H35NO4.2Ac/c1-17-9-10-22-25(2,13-11-23(29)26(22,3)16-28)20(17)15-21(19-12-14-31-24(19)30)27-18-7-5-4-6-8-18;;/h4-8,12,20-23,27-29H,1,9-11,13-16H2,2-3H3;;/t20-,21?,22?,23?,25+,26-;;/m0../s1. The first kappa shape index (κ1) is 30.0. The van der Waals surface area contributed by atoms with E-state index in [1.165, 1.54) is 5.57 Å². The number of aliphatic hydroxyl groups excluding tert-OH is 2. The molecule has 4 rings (SSSR count). The molecule has 0 spiro atoms. The molecule has 0 amide bonds. The number of aliphatic hydroxyl groups is 2. The van der Waals surface area contributed by atoms with Crippen molar-refractivity contribution in [1.82, 2.24) is 0 Å². The third-order valence-electron chi connectivity index (χ3n) is 8.41. The number of hydrogen-bond donors (Lipinski definition) is 3. The molecule has 0 bridgehead atoms. The summed E-state index contributed by atoms with van der Waals surface area (Å²) in [4.78, 5) is 12.5. The number of cyclic esters (lactones) is 1. The Bertz CT molecular complexity index is 876. The molecule has 3 N–H and O–H groups in total. The minimum absolute atomic E-state index is 0. The molecule has 7 heteroatoms. The van der Waals surface area contributed by atoms with Gasteiger partial charge in [-0.15, -0.1) is 0 Å². The van der Waals surface area contributed by atoms with Gasteiger partial charge < -0.3 is 20.3 Å². The Morgan fingerprint density at radius 2 is 1.91 bits per heavy atom. The number of fused-ring (bicyclic) bond motifs is 1. The van der Waals surface area contributed by atoms with Gasteiger partial charge in [-0.1, -0.05) is 44.2 Å². The van der Waals surface area contributed by atoms with Gasteiger partial charge in [0.25, 0.3) is 0 Å². The van der Waals surface area contributed by atoms with Crippen LogP contribution in [0.3, 0.4) is 0 Å². The van der Waals surface area contributed by atoms with Gasteiger partial charge in [-0.05, 0) is 67.6 Å². The van der Waals surface area contributed by atoms with E-state index < -0.39 is 11.5 Å². The van der Waals surface area contributed by atoms with E-state index >= 15 is 0 Å². The van der Waals surface area contributed by atoms with Crippen LogP contribution in [-0.2, 0) is 9.53 Å². The van der Waals surface area contributed by atoms with Crippen LogP contribution in [0, 0.1) is 111 Å². The summed E-state index contributed by atoms with van der Waals surface area (Å²) in [7, 11) is 0. The molecule has 0 saturated heterocycles. The third kappa shape index (κ3) is 5.86. The number of benzene rings is 1. The van der Waals surface area contributed by atoms with Crippen LogP contribution in [0.4, 0.5) is 5.69 Å². The van der Waals surface area contributed by atoms with Gasteiger partial charge >= 0.3 is 5.97 Å². The van der Waals surface area contributed by atoms with Gasteiger partial charge in [0.15, 0.2) is 0 Å². The Kier molecular flexibility index (Phi) is 11.2. The van der Waals surface area contributed by atoms with Gasteiger partial charge in [0, 0.05) is 99.2 Å². The normalized spacial score (nSPS) is 34.2. The molecule has 2 radical (unpaired) electrons. The second-order valence-corrected chi connectivity index (χ2v) is 10.1. The predicted octanol–water partition coefficient (Wildman–Crippen LogP) is 4.08. The monoisotopic (exact) mass is 879 g/mol. The van der Waals surface area contributed by atoms with Crippen molar-refractivity contribution in [2.24, 2.45) is 22.7 Å². The minimum atomic E-state index is -0.514. The van der Waals surface area contributed by atoms with E-state index in [4.69, 9.17) is 4.74 Å². The molecule has 3 aliphatic rings. The van der Waals surface area contributed by atoms with Crippen molar-refractivity contribution in [1.29, 1.82) is 0 Å². The van der Waals surface area contributed by atoms with Crippen molar-refractivity contribution in [3.05, 3.63) is 54.1 Å². The summed E-state index contributed by atoms with van der Waals surface area (Å²) < 4.78 is 5.24. The predicted molar refractivity (Wildman–Crippen MR) is 121 cm³/mol. The number of hydrogen-bond acceptors (Lipinski definition) is 5. The van der Waals surface area contributed by atoms with Crippen molar-refractivity contribution in [2.75, 3.05) is 18.5 Å². The first-order valence-corrected chi connectivity index (χ1v) is 11.4. The van der Waals surface area contributed by atoms with Crippen LogP contribution in [0.15, 0.2) is 54.1 Å². The third-order valence-corrected chi connectivity index (χ3v) is 8.41. The zero-order chi connectivity index (χ0) is 22.2. The number of rotatable bonds is 6. The number of esters is 1. The fourth-order valence-electron chi connectivity index (χ4n) is 6.53. The molecule has 5 nitrogen and oxygen atoms in total. The van der Waals surface area contributed by atoms with Crippen LogP contribution < -0.4 is 5.32 Å². The summed E-state index contributed by atoms with van der Waals surface area (Å²) >= 11 is 0. The van der Waals surface area contributed by atoms with E-state index in [9.17, 15) is 15.0 Å². The fraction of sp³-hybridized carbons (Fsp3) is 0.577. The van der Waals surface area contributed by atoms with Gasteiger partial charge in [-0.3, -0.25) is 0 Å². The average Bonchev–Trinajstić information content (AvgIpc) is 3.19. The maximum Gasteiger partial charge on any atom is 0.336 e. The number of anilines is 1. The van der Waals surface area contributed by atoms with Crippen molar-refractivity contribution < 1.29 is 108 Å². The molecule has 2 fully saturated rings. The van der Waals surface area contributed by atoms with Gasteiger partial charge in [-0.25, -0.2) is 4.79 Å². The maximum absolute atomic E-state index is 12.5. The number of carbonyl (C=O) groups is 1. The number of allylic oxidation sites excluding steroid dienone is 1. The molecule has 0 aromatic heterocycles. The summed E-state index contributed by atoms with van der Waals surface area (Å²) in [6.07, 6.45) is 5.51. The molecule has 2 saturated carbocycles. The summed E-state index contributed by atoms with van der Waals surface area (Å²) in [5.74, 6) is 0.127. The second-order valence-electron chi connectivity index (χ2n) is 10.1. The first-order valence-electron chi connectivity index (χ1n) is 11.4. The number of nitrogens with one attached hydrogen (secondary N) is 1. The van der Waals surface area contributed by atoms with Crippen molar-refractivity contribution in [3.63, 3.8) is 0 Å². The van der Waals surface area contributed by atoms with Crippen LogP contribution in [0.2, 0.25) is 0 Å². The molecule has 2 aliphatic carbocycles. The zero-order valence-electron chi connectivity index (χ0n) is 19.8. The quantitative estimate of drug-likeness (QED) is 0.297. The largest absolute Gasteiger partial charge is 0.458 e. The SMILES string of the molecule is C=C1CCC2[C@](C)(CO)C(O)CC[C@]2(C)[C@H]1CC(Nc1ccccc1)C1=CCOC1=O.[Ac].[Ac]. The van der Waals surface area contributed by atoms with Gasteiger partial charge in [0.1, 0.15) is 6.61 Å². The summed E-state index contributed by atoms with van der Waals surface area (Å²) in [6, 6.07) is 9.77. The molecule has 1 aromatic rings. The topological polar surface area (TPSA) is 78.8 Å². The fourth-order valence-corrected chi connectivity index (χ4v) is 6.53. The van der Waals surface area contributed by atoms with Crippen LogP contribution >= 0.6 is 0 Å². The molecule has 1 aromatic carbocycles. The van der Waals surface area contributed by atoms with Gasteiger partial charge in [0.05, 0.1) is 24.3 Å². The van der Waals surface area contributed by atoms with Crippen LogP contribution in [0.1, 0.15) is 46.0 Å². The number of carbonyl (C=O) groups excluding carboxylic acids is 1. The van der Waals surface area contributed by atoms with Gasteiger partial charge in [0.2, 0.25) is 0 Å². The van der Waals surface area contributed by atoms with E-state index in [0.29, 0.717) is 18.6 Å². The Labute approximate surface area is 269 Å². The number of para-hydroxylation sites is 1. The molecule has 174 valence electrons. The minimum Gasteiger partial charge on any atom is -0.458 e. The van der Waals surface area contributed by atoms with E-state index in [2.05, 4.69) is 18.8 Å². The second kappa shape index (κ2) is 12.3. The maximum atomic E-state index is 12.5. The van der Waals surface area contributed by atoms with Crippen molar-refractivity contribution in [3.8, 4) is 0 Å². The Balaban J connectivity index is 0.00000193. The van der Waals surface area contributed by atoms with Crippen molar-refractivity contribution in [2.45, 2.75) is 58.1 Å². The van der Waals surface area contributed by atoms with E-state index in [1.54, 1.807) is 0 Å². The van der Waals surface area contributed by atoms with E-state index in [-0.39, 0.29) is 124 Å². The summed E-state index contributed by atoms with van der Waals surface area (Å²) in [6.45, 7) is 9.07. The van der Waals surface area contributed by atoms with Crippen molar-refractivity contribution >= 4 is 11.7 Å². The van der Waals surface area contributed by atoms with Crippen LogP contribution in [0.25, 0.3) is 0 Å². The van der Waals surface area contributed by atoms with E-state index in [0.717, 1.165) is 31.4 Å². The zero-order valence-corrected chi connectivity index (χ0v) is 29.3. The Hall–Kier alpha value is 0.773. The molecule has 6 atom stereocenters. The van der Waals surface area contributed by atoms with Crippen LogP contribution in [-0.4, -0.2) is 41.5 Å². The average molecular weight is 880 g/mol. The Morgan fingerprint density at radius 1 is 1.21 bits per heavy atom. The molecular formula is C26H35Ac2NO4. The smallest absolute Gasteiger partial charge is 0.336 e. The van der Waals surface area contributed by atoms with E-state index in [1.807, 2.05) is 43.3 Å². The Morgan fingerprint density at radius 3 is 2.52 bits per heavy atom. The summed E-state index contributed by atoms with van der Waals surface area (Å²) in [5.41, 5.74) is 2.26. The van der Waals surface area contributed by atoms with Crippen LogP contribution in [0.5, 0.6) is 0 Å². The first-order chi connectivity index (χ1) is 14.8.